The van der Waals surface area contributed by atoms with E-state index in [1.807, 2.05) is 30.3 Å². The van der Waals surface area contributed by atoms with Gasteiger partial charge in [-0.2, -0.15) is 13.2 Å². The molecule has 0 saturated carbocycles. The number of nitrogens with one attached hydrogen (secondary N) is 1. The Morgan fingerprint density at radius 1 is 1.00 bits per heavy atom. The molecule has 0 heterocycles. The summed E-state index contributed by atoms with van der Waals surface area (Å²) in [7, 11) is 0. The van der Waals surface area contributed by atoms with Gasteiger partial charge in [0, 0.05) is 23.6 Å². The molecule has 0 saturated heterocycles. The van der Waals surface area contributed by atoms with E-state index in [2.05, 4.69) is 5.32 Å². The first kappa shape index (κ1) is 17.4. The van der Waals surface area contributed by atoms with E-state index in [0.717, 1.165) is 17.0 Å². The summed E-state index contributed by atoms with van der Waals surface area (Å²) in [4.78, 5) is 12.8. The van der Waals surface area contributed by atoms with E-state index in [1.165, 1.54) is 12.1 Å². The molecule has 2 aromatic rings. The quantitative estimate of drug-likeness (QED) is 0.785. The molecule has 0 fully saturated rings. The fourth-order valence-electron chi connectivity index (χ4n) is 1.88. The van der Waals surface area contributed by atoms with Gasteiger partial charge < -0.3 is 5.32 Å². The molecule has 23 heavy (non-hydrogen) atoms. The van der Waals surface area contributed by atoms with Crippen LogP contribution in [0.15, 0.2) is 59.5 Å². The van der Waals surface area contributed by atoms with Crippen molar-refractivity contribution in [2.45, 2.75) is 24.0 Å². The van der Waals surface area contributed by atoms with Crippen LogP contribution in [0, 0.1) is 0 Å². The van der Waals surface area contributed by atoms with Crippen LogP contribution in [0.2, 0.25) is 0 Å². The first-order chi connectivity index (χ1) is 10.9. The standard InChI is InChI=1S/C17H16F3NOS/c18-17(19,20)14-8-6-13(7-9-14)12-21-16(22)10-11-23-15-4-2-1-3-5-15/h1-9H,10-12H2,(H,21,22). The van der Waals surface area contributed by atoms with Crippen LogP contribution in [0.25, 0.3) is 0 Å². The summed E-state index contributed by atoms with van der Waals surface area (Å²) in [5, 5.41) is 2.71. The summed E-state index contributed by atoms with van der Waals surface area (Å²) >= 11 is 1.59. The molecule has 1 amide bonds. The second-order valence-corrected chi connectivity index (χ2v) is 6.05. The maximum absolute atomic E-state index is 12.4. The highest BCUT2D eigenvalue weighted by Gasteiger charge is 2.29. The Morgan fingerprint density at radius 3 is 2.26 bits per heavy atom. The molecule has 2 nitrogen and oxygen atoms in total. The number of carbonyl (C=O) groups is 1. The summed E-state index contributed by atoms with van der Waals surface area (Å²) in [6, 6.07) is 14.6. The van der Waals surface area contributed by atoms with E-state index >= 15 is 0 Å². The summed E-state index contributed by atoms with van der Waals surface area (Å²) < 4.78 is 37.3. The molecular weight excluding hydrogens is 323 g/mol. The SMILES string of the molecule is O=C(CCSc1ccccc1)NCc1ccc(C(F)(F)F)cc1. The molecule has 1 N–H and O–H groups in total. The maximum Gasteiger partial charge on any atom is 0.416 e. The molecule has 0 unspecified atom stereocenters. The van der Waals surface area contributed by atoms with Crippen LogP contribution in [0.4, 0.5) is 13.2 Å². The predicted octanol–water partition coefficient (Wildman–Crippen LogP) is 4.50. The van der Waals surface area contributed by atoms with Crippen LogP contribution in [0.1, 0.15) is 17.5 Å². The number of rotatable bonds is 6. The largest absolute Gasteiger partial charge is 0.416 e. The van der Waals surface area contributed by atoms with Gasteiger partial charge in [0.05, 0.1) is 5.56 Å². The third-order valence-corrected chi connectivity index (χ3v) is 4.13. The van der Waals surface area contributed by atoms with Crippen LogP contribution in [0.3, 0.4) is 0 Å². The molecule has 0 aliphatic carbocycles. The van der Waals surface area contributed by atoms with Gasteiger partial charge in [-0.1, -0.05) is 30.3 Å². The normalized spacial score (nSPS) is 11.3. The van der Waals surface area contributed by atoms with E-state index in [4.69, 9.17) is 0 Å². The highest BCUT2D eigenvalue weighted by atomic mass is 32.2. The van der Waals surface area contributed by atoms with Crippen molar-refractivity contribution < 1.29 is 18.0 Å². The van der Waals surface area contributed by atoms with Crippen LogP contribution < -0.4 is 5.32 Å². The summed E-state index contributed by atoms with van der Waals surface area (Å²) in [6.45, 7) is 0.229. The fraction of sp³-hybridized carbons (Fsp3) is 0.235. The van der Waals surface area contributed by atoms with Gasteiger partial charge in [0.15, 0.2) is 0 Å². The van der Waals surface area contributed by atoms with Crippen molar-refractivity contribution in [3.8, 4) is 0 Å². The Labute approximate surface area is 137 Å². The average Bonchev–Trinajstić information content (AvgIpc) is 2.53. The Hall–Kier alpha value is -1.95. The predicted molar refractivity (Wildman–Crippen MR) is 85.1 cm³/mol. The van der Waals surface area contributed by atoms with Crippen molar-refractivity contribution in [1.29, 1.82) is 0 Å². The Morgan fingerprint density at radius 2 is 1.65 bits per heavy atom. The van der Waals surface area contributed by atoms with E-state index < -0.39 is 11.7 Å². The Bertz CT molecular complexity index is 627. The van der Waals surface area contributed by atoms with E-state index in [9.17, 15) is 18.0 Å². The van der Waals surface area contributed by atoms with Gasteiger partial charge in [-0.05, 0) is 29.8 Å². The second kappa shape index (κ2) is 8.06. The third kappa shape index (κ3) is 5.98. The summed E-state index contributed by atoms with van der Waals surface area (Å²) in [5.41, 5.74) is -0.0473. The van der Waals surface area contributed by atoms with Crippen molar-refractivity contribution in [1.82, 2.24) is 5.32 Å². The smallest absolute Gasteiger partial charge is 0.352 e. The van der Waals surface area contributed by atoms with Crippen molar-refractivity contribution in [3.63, 3.8) is 0 Å². The fourth-order valence-corrected chi connectivity index (χ4v) is 2.75. The molecule has 2 rings (SSSR count). The van der Waals surface area contributed by atoms with Crippen LogP contribution >= 0.6 is 11.8 Å². The first-order valence-corrected chi connectivity index (χ1v) is 8.04. The van der Waals surface area contributed by atoms with Gasteiger partial charge in [-0.3, -0.25) is 4.79 Å². The topological polar surface area (TPSA) is 29.1 Å². The van der Waals surface area contributed by atoms with Gasteiger partial charge in [0.2, 0.25) is 5.91 Å². The van der Waals surface area contributed by atoms with E-state index in [-0.39, 0.29) is 12.5 Å². The van der Waals surface area contributed by atoms with Gasteiger partial charge in [-0.15, -0.1) is 11.8 Å². The number of hydrogen-bond donors (Lipinski definition) is 1. The number of hydrogen-bond acceptors (Lipinski definition) is 2. The van der Waals surface area contributed by atoms with E-state index in [0.29, 0.717) is 17.7 Å². The van der Waals surface area contributed by atoms with Crippen molar-refractivity contribution in [2.75, 3.05) is 5.75 Å². The Balaban J connectivity index is 1.72. The summed E-state index contributed by atoms with van der Waals surface area (Å²) in [6.07, 6.45) is -3.98. The lowest BCUT2D eigenvalue weighted by Crippen LogP contribution is -2.23. The maximum atomic E-state index is 12.4. The minimum absolute atomic E-state index is 0.117. The zero-order valence-electron chi connectivity index (χ0n) is 12.3. The van der Waals surface area contributed by atoms with E-state index in [1.54, 1.807) is 11.8 Å². The lowest BCUT2D eigenvalue weighted by atomic mass is 10.1. The zero-order chi connectivity index (χ0) is 16.7. The monoisotopic (exact) mass is 339 g/mol. The van der Waals surface area contributed by atoms with Gasteiger partial charge >= 0.3 is 6.18 Å². The van der Waals surface area contributed by atoms with Gasteiger partial charge in [-0.25, -0.2) is 0 Å². The molecule has 0 bridgehead atoms. The van der Waals surface area contributed by atoms with Crippen LogP contribution in [-0.4, -0.2) is 11.7 Å². The van der Waals surface area contributed by atoms with Gasteiger partial charge in [0.1, 0.15) is 0 Å². The molecular formula is C17H16F3NOS. The second-order valence-electron chi connectivity index (χ2n) is 4.88. The minimum atomic E-state index is -4.34. The number of carbonyl (C=O) groups excluding carboxylic acids is 1. The molecule has 0 radical (unpaired) electrons. The minimum Gasteiger partial charge on any atom is -0.352 e. The number of amides is 1. The number of halogens is 3. The van der Waals surface area contributed by atoms with Crippen molar-refractivity contribution in [2.24, 2.45) is 0 Å². The lowest BCUT2D eigenvalue weighted by Gasteiger charge is -2.08. The third-order valence-electron chi connectivity index (χ3n) is 3.11. The molecule has 0 atom stereocenters. The average molecular weight is 339 g/mol. The lowest BCUT2D eigenvalue weighted by molar-refractivity contribution is -0.137. The summed E-state index contributed by atoms with van der Waals surface area (Å²) in [5.74, 6) is 0.538. The molecule has 0 aromatic heterocycles. The van der Waals surface area contributed by atoms with Crippen LogP contribution in [0.5, 0.6) is 0 Å². The number of benzene rings is 2. The highest BCUT2D eigenvalue weighted by molar-refractivity contribution is 7.99. The molecule has 0 aliphatic rings. The van der Waals surface area contributed by atoms with Crippen molar-refractivity contribution >= 4 is 17.7 Å². The van der Waals surface area contributed by atoms with Crippen molar-refractivity contribution in [3.05, 3.63) is 65.7 Å². The Kier molecular flexibility index (Phi) is 6.10. The molecule has 6 heteroatoms. The van der Waals surface area contributed by atoms with Gasteiger partial charge in [0.25, 0.3) is 0 Å². The molecule has 2 aromatic carbocycles. The molecule has 122 valence electrons. The zero-order valence-corrected chi connectivity index (χ0v) is 13.1. The number of alkyl halides is 3. The molecule has 0 aliphatic heterocycles. The molecule has 0 spiro atoms. The highest BCUT2D eigenvalue weighted by Crippen LogP contribution is 2.29. The number of thioether (sulfide) groups is 1. The van der Waals surface area contributed by atoms with Crippen LogP contribution in [-0.2, 0) is 17.5 Å². The first-order valence-electron chi connectivity index (χ1n) is 7.06.